The summed E-state index contributed by atoms with van der Waals surface area (Å²) < 4.78 is 10.6. The Kier molecular flexibility index (Phi) is 5.82. The fourth-order valence-electron chi connectivity index (χ4n) is 2.47. The topological polar surface area (TPSA) is 81.2 Å². The maximum absolute atomic E-state index is 5.33. The predicted molar refractivity (Wildman–Crippen MR) is 101 cm³/mol. The molecule has 0 amide bonds. The molecule has 0 spiro atoms. The predicted octanol–water partition coefficient (Wildman–Crippen LogP) is 3.29. The molecule has 3 rings (SSSR count). The number of benzene rings is 2. The van der Waals surface area contributed by atoms with Crippen LogP contribution in [0.15, 0.2) is 54.7 Å². The number of hydrogen-bond donors (Lipinski definition) is 2. The van der Waals surface area contributed by atoms with Gasteiger partial charge in [-0.15, -0.1) is 5.10 Å². The Labute approximate surface area is 152 Å². The average molecular weight is 351 g/mol. The number of nitrogens with one attached hydrogen (secondary N) is 2. The summed E-state index contributed by atoms with van der Waals surface area (Å²) in [6, 6.07) is 15.6. The molecule has 0 bridgehead atoms. The first-order valence-electron chi connectivity index (χ1n) is 8.25. The summed E-state index contributed by atoms with van der Waals surface area (Å²) in [5.41, 5.74) is 1.99. The van der Waals surface area contributed by atoms with Crippen LogP contribution in [0.2, 0.25) is 0 Å². The van der Waals surface area contributed by atoms with Crippen molar-refractivity contribution in [2.45, 2.75) is 6.42 Å². The Morgan fingerprint density at radius 2 is 1.88 bits per heavy atom. The maximum atomic E-state index is 5.33. The van der Waals surface area contributed by atoms with Gasteiger partial charge in [0.2, 0.25) is 5.95 Å². The van der Waals surface area contributed by atoms with E-state index in [2.05, 4.69) is 31.9 Å². The number of aromatic nitrogens is 3. The maximum Gasteiger partial charge on any atom is 0.244 e. The molecule has 0 atom stereocenters. The third-order valence-electron chi connectivity index (χ3n) is 3.76. The van der Waals surface area contributed by atoms with Crippen LogP contribution in [-0.4, -0.2) is 35.9 Å². The highest BCUT2D eigenvalue weighted by Crippen LogP contribution is 2.25. The summed E-state index contributed by atoms with van der Waals surface area (Å²) in [6.07, 6.45) is 2.39. The molecule has 0 unspecified atom stereocenters. The summed E-state index contributed by atoms with van der Waals surface area (Å²) in [4.78, 5) is 4.43. The Balaban J connectivity index is 1.60. The second-order valence-electron chi connectivity index (χ2n) is 5.52. The van der Waals surface area contributed by atoms with Crippen LogP contribution in [0.1, 0.15) is 5.56 Å². The van der Waals surface area contributed by atoms with Crippen molar-refractivity contribution in [2.24, 2.45) is 0 Å². The molecule has 3 aromatic rings. The lowest BCUT2D eigenvalue weighted by Crippen LogP contribution is -2.10. The minimum atomic E-state index is 0.466. The zero-order chi connectivity index (χ0) is 18.2. The van der Waals surface area contributed by atoms with Crippen LogP contribution in [0.3, 0.4) is 0 Å². The Morgan fingerprint density at radius 3 is 2.73 bits per heavy atom. The number of para-hydroxylation sites is 2. The number of ether oxygens (including phenoxy) is 2. The van der Waals surface area contributed by atoms with Crippen molar-refractivity contribution >= 4 is 17.5 Å². The van der Waals surface area contributed by atoms with Gasteiger partial charge < -0.3 is 20.1 Å². The summed E-state index contributed by atoms with van der Waals surface area (Å²) in [7, 11) is 3.29. The second kappa shape index (κ2) is 8.66. The van der Waals surface area contributed by atoms with Gasteiger partial charge in [-0.05, 0) is 36.2 Å². The highest BCUT2D eigenvalue weighted by Gasteiger charge is 2.05. The summed E-state index contributed by atoms with van der Waals surface area (Å²) in [6.45, 7) is 0.687. The van der Waals surface area contributed by atoms with Crippen molar-refractivity contribution in [1.82, 2.24) is 15.2 Å². The molecule has 0 fully saturated rings. The van der Waals surface area contributed by atoms with E-state index < -0.39 is 0 Å². The molecule has 134 valence electrons. The van der Waals surface area contributed by atoms with Gasteiger partial charge in [-0.3, -0.25) is 0 Å². The van der Waals surface area contributed by atoms with Crippen LogP contribution in [-0.2, 0) is 6.42 Å². The highest BCUT2D eigenvalue weighted by atomic mass is 16.5. The number of nitrogens with zero attached hydrogens (tertiary/aromatic N) is 3. The summed E-state index contributed by atoms with van der Waals surface area (Å²) in [5, 5.41) is 14.4. The van der Waals surface area contributed by atoms with Gasteiger partial charge in [0.1, 0.15) is 11.5 Å². The Hall–Kier alpha value is -3.35. The largest absolute Gasteiger partial charge is 0.497 e. The monoisotopic (exact) mass is 351 g/mol. The van der Waals surface area contributed by atoms with E-state index in [0.29, 0.717) is 18.3 Å². The Bertz CT molecular complexity index is 857. The molecular weight excluding hydrogens is 330 g/mol. The first kappa shape index (κ1) is 17.5. The van der Waals surface area contributed by atoms with E-state index in [1.54, 1.807) is 20.4 Å². The van der Waals surface area contributed by atoms with E-state index in [9.17, 15) is 0 Å². The van der Waals surface area contributed by atoms with Gasteiger partial charge in [-0.1, -0.05) is 24.3 Å². The smallest absolute Gasteiger partial charge is 0.244 e. The van der Waals surface area contributed by atoms with Crippen molar-refractivity contribution in [3.63, 3.8) is 0 Å². The van der Waals surface area contributed by atoms with E-state index >= 15 is 0 Å². The van der Waals surface area contributed by atoms with Gasteiger partial charge in [-0.2, -0.15) is 10.1 Å². The van der Waals surface area contributed by atoms with Gasteiger partial charge in [0, 0.05) is 6.54 Å². The fraction of sp³-hybridized carbons (Fsp3) is 0.211. The lowest BCUT2D eigenvalue weighted by molar-refractivity contribution is 0.414. The van der Waals surface area contributed by atoms with Crippen LogP contribution in [0.5, 0.6) is 11.5 Å². The van der Waals surface area contributed by atoms with Crippen molar-refractivity contribution in [1.29, 1.82) is 0 Å². The molecule has 26 heavy (non-hydrogen) atoms. The van der Waals surface area contributed by atoms with Gasteiger partial charge >= 0.3 is 0 Å². The first-order chi connectivity index (χ1) is 12.8. The van der Waals surface area contributed by atoms with E-state index in [4.69, 9.17) is 9.47 Å². The standard InChI is InChI=1S/C19H21N5O2/c1-25-15-7-5-6-14(12-15)10-11-20-19-23-18(13-21-24-19)22-16-8-3-4-9-17(16)26-2/h3-9,12-13H,10-11H2,1-2H3,(H2,20,22,23,24). The molecule has 2 N–H and O–H groups in total. The molecule has 7 heteroatoms. The highest BCUT2D eigenvalue weighted by molar-refractivity contribution is 5.63. The van der Waals surface area contributed by atoms with E-state index in [1.165, 1.54) is 5.56 Å². The molecule has 0 aliphatic rings. The van der Waals surface area contributed by atoms with Crippen molar-refractivity contribution in [3.8, 4) is 11.5 Å². The van der Waals surface area contributed by atoms with Gasteiger partial charge in [0.15, 0.2) is 5.82 Å². The van der Waals surface area contributed by atoms with Crippen molar-refractivity contribution in [2.75, 3.05) is 31.4 Å². The molecule has 0 aliphatic heterocycles. The number of anilines is 3. The summed E-state index contributed by atoms with van der Waals surface area (Å²) in [5.74, 6) is 2.64. The van der Waals surface area contributed by atoms with Crippen LogP contribution < -0.4 is 20.1 Å². The average Bonchev–Trinajstić information content (AvgIpc) is 2.69. The quantitative estimate of drug-likeness (QED) is 0.644. The van der Waals surface area contributed by atoms with Crippen molar-refractivity contribution in [3.05, 3.63) is 60.3 Å². The van der Waals surface area contributed by atoms with Crippen LogP contribution in [0, 0.1) is 0 Å². The minimum absolute atomic E-state index is 0.466. The molecule has 1 heterocycles. The molecule has 1 aromatic heterocycles. The normalized spacial score (nSPS) is 10.2. The third kappa shape index (κ3) is 4.60. The Morgan fingerprint density at radius 1 is 1.00 bits per heavy atom. The van der Waals surface area contributed by atoms with Gasteiger partial charge in [-0.25, -0.2) is 0 Å². The molecule has 0 saturated carbocycles. The molecule has 0 aliphatic carbocycles. The van der Waals surface area contributed by atoms with E-state index in [-0.39, 0.29) is 0 Å². The number of methoxy groups -OCH3 is 2. The van der Waals surface area contributed by atoms with Crippen molar-refractivity contribution < 1.29 is 9.47 Å². The zero-order valence-electron chi connectivity index (χ0n) is 14.8. The fourth-order valence-corrected chi connectivity index (χ4v) is 2.47. The van der Waals surface area contributed by atoms with Crippen LogP contribution in [0.4, 0.5) is 17.5 Å². The molecule has 0 saturated heterocycles. The lowest BCUT2D eigenvalue weighted by atomic mass is 10.1. The van der Waals surface area contributed by atoms with Gasteiger partial charge in [0.05, 0.1) is 26.1 Å². The molecule has 2 aromatic carbocycles. The van der Waals surface area contributed by atoms with Crippen LogP contribution >= 0.6 is 0 Å². The lowest BCUT2D eigenvalue weighted by Gasteiger charge is -2.11. The van der Waals surface area contributed by atoms with Crippen LogP contribution in [0.25, 0.3) is 0 Å². The SMILES string of the molecule is COc1cccc(CCNc2nncc(Nc3ccccc3OC)n2)c1. The number of rotatable bonds is 8. The van der Waals surface area contributed by atoms with Gasteiger partial charge in [0.25, 0.3) is 0 Å². The third-order valence-corrected chi connectivity index (χ3v) is 3.76. The first-order valence-corrected chi connectivity index (χ1v) is 8.25. The minimum Gasteiger partial charge on any atom is -0.497 e. The summed E-state index contributed by atoms with van der Waals surface area (Å²) >= 11 is 0. The molecule has 0 radical (unpaired) electrons. The number of hydrogen-bond acceptors (Lipinski definition) is 7. The van der Waals surface area contributed by atoms with E-state index in [0.717, 1.165) is 23.6 Å². The van der Waals surface area contributed by atoms with E-state index in [1.807, 2.05) is 42.5 Å². The zero-order valence-corrected chi connectivity index (χ0v) is 14.8. The molecule has 7 nitrogen and oxygen atoms in total. The molecular formula is C19H21N5O2. The second-order valence-corrected chi connectivity index (χ2v) is 5.52.